The van der Waals surface area contributed by atoms with E-state index in [1.165, 1.54) is 11.8 Å². The van der Waals surface area contributed by atoms with Gasteiger partial charge in [-0.05, 0) is 38.1 Å². The highest BCUT2D eigenvalue weighted by atomic mass is 32.2. The van der Waals surface area contributed by atoms with Gasteiger partial charge in [0.25, 0.3) is 0 Å². The Bertz CT molecular complexity index is 876. The van der Waals surface area contributed by atoms with E-state index in [1.807, 2.05) is 50.2 Å². The number of para-hydroxylation sites is 2. The summed E-state index contributed by atoms with van der Waals surface area (Å²) in [7, 11) is 1.78. The van der Waals surface area contributed by atoms with Gasteiger partial charge in [-0.25, -0.2) is 9.97 Å². The second-order valence-corrected chi connectivity index (χ2v) is 6.62. The fourth-order valence-electron chi connectivity index (χ4n) is 2.34. The SMILES string of the molecule is Cc1ccc(CN(C)C(=O)CSc2nc3ccccc3nc2C)o1. The van der Waals surface area contributed by atoms with Gasteiger partial charge >= 0.3 is 0 Å². The minimum atomic E-state index is 0.0309. The van der Waals surface area contributed by atoms with Crippen LogP contribution in [0.15, 0.2) is 45.8 Å². The van der Waals surface area contributed by atoms with Gasteiger partial charge in [0.15, 0.2) is 0 Å². The molecule has 0 radical (unpaired) electrons. The smallest absolute Gasteiger partial charge is 0.233 e. The lowest BCUT2D eigenvalue weighted by molar-refractivity contribution is -0.127. The third-order valence-corrected chi connectivity index (χ3v) is 4.70. The molecule has 0 saturated heterocycles. The number of benzene rings is 1. The number of carbonyl (C=O) groups is 1. The maximum atomic E-state index is 12.3. The van der Waals surface area contributed by atoms with Crippen molar-refractivity contribution in [1.82, 2.24) is 14.9 Å². The lowest BCUT2D eigenvalue weighted by atomic mass is 10.3. The molecule has 0 saturated carbocycles. The average molecular weight is 341 g/mol. The van der Waals surface area contributed by atoms with Crippen molar-refractivity contribution in [2.45, 2.75) is 25.4 Å². The van der Waals surface area contributed by atoms with Gasteiger partial charge in [0.05, 0.1) is 29.0 Å². The van der Waals surface area contributed by atoms with Crippen LogP contribution in [-0.4, -0.2) is 33.6 Å². The van der Waals surface area contributed by atoms with E-state index in [1.54, 1.807) is 11.9 Å². The molecule has 6 heteroatoms. The molecule has 3 aromatic rings. The summed E-state index contributed by atoms with van der Waals surface area (Å²) in [5.41, 5.74) is 2.56. The molecular weight excluding hydrogens is 322 g/mol. The number of furan rings is 1. The van der Waals surface area contributed by atoms with Crippen LogP contribution in [0, 0.1) is 13.8 Å². The molecule has 124 valence electrons. The van der Waals surface area contributed by atoms with Crippen LogP contribution in [0.3, 0.4) is 0 Å². The Morgan fingerprint density at radius 3 is 2.50 bits per heavy atom. The summed E-state index contributed by atoms with van der Waals surface area (Å²) >= 11 is 1.42. The highest BCUT2D eigenvalue weighted by molar-refractivity contribution is 7.99. The topological polar surface area (TPSA) is 59.2 Å². The van der Waals surface area contributed by atoms with Crippen LogP contribution in [-0.2, 0) is 11.3 Å². The minimum absolute atomic E-state index is 0.0309. The molecule has 1 aromatic carbocycles. The Labute approximate surface area is 145 Å². The average Bonchev–Trinajstić information content (AvgIpc) is 2.97. The van der Waals surface area contributed by atoms with Crippen LogP contribution in [0.1, 0.15) is 17.2 Å². The third kappa shape index (κ3) is 3.76. The molecular formula is C18H19N3O2S. The van der Waals surface area contributed by atoms with Gasteiger partial charge in [0.1, 0.15) is 16.5 Å². The summed E-state index contributed by atoms with van der Waals surface area (Å²) in [5.74, 6) is 1.99. The second-order valence-electron chi connectivity index (χ2n) is 5.65. The van der Waals surface area contributed by atoms with E-state index in [-0.39, 0.29) is 5.91 Å². The Morgan fingerprint density at radius 1 is 1.12 bits per heavy atom. The van der Waals surface area contributed by atoms with Crippen LogP contribution in [0.25, 0.3) is 11.0 Å². The fraction of sp³-hybridized carbons (Fsp3) is 0.278. The molecule has 1 amide bonds. The molecule has 0 N–H and O–H groups in total. The number of amides is 1. The van der Waals surface area contributed by atoms with Gasteiger partial charge in [-0.2, -0.15) is 0 Å². The predicted molar refractivity (Wildman–Crippen MR) is 94.9 cm³/mol. The predicted octanol–water partition coefficient (Wildman–Crippen LogP) is 3.59. The van der Waals surface area contributed by atoms with E-state index < -0.39 is 0 Å². The van der Waals surface area contributed by atoms with Gasteiger partial charge in [-0.3, -0.25) is 4.79 Å². The first kappa shape index (κ1) is 16.5. The van der Waals surface area contributed by atoms with Crippen molar-refractivity contribution in [2.75, 3.05) is 12.8 Å². The van der Waals surface area contributed by atoms with Crippen molar-refractivity contribution in [3.05, 3.63) is 53.6 Å². The summed E-state index contributed by atoms with van der Waals surface area (Å²) in [4.78, 5) is 23.1. The second kappa shape index (κ2) is 7.05. The molecule has 0 unspecified atom stereocenters. The van der Waals surface area contributed by atoms with E-state index in [9.17, 15) is 4.79 Å². The van der Waals surface area contributed by atoms with Crippen LogP contribution in [0.5, 0.6) is 0 Å². The number of fused-ring (bicyclic) bond motifs is 1. The number of nitrogens with zero attached hydrogens (tertiary/aromatic N) is 3. The van der Waals surface area contributed by atoms with Crippen molar-refractivity contribution in [2.24, 2.45) is 0 Å². The lowest BCUT2D eigenvalue weighted by Gasteiger charge is -2.15. The zero-order chi connectivity index (χ0) is 17.1. The number of carbonyl (C=O) groups excluding carboxylic acids is 1. The standard InChI is InChI=1S/C18H19N3O2S/c1-12-8-9-14(23-12)10-21(3)17(22)11-24-18-13(2)19-15-6-4-5-7-16(15)20-18/h4-9H,10-11H2,1-3H3. The third-order valence-electron chi connectivity index (χ3n) is 3.65. The van der Waals surface area contributed by atoms with Crippen LogP contribution >= 0.6 is 11.8 Å². The zero-order valence-corrected chi connectivity index (χ0v) is 14.8. The Hall–Kier alpha value is -2.34. The molecule has 5 nitrogen and oxygen atoms in total. The summed E-state index contributed by atoms with van der Waals surface area (Å²) in [6.07, 6.45) is 0. The largest absolute Gasteiger partial charge is 0.464 e. The molecule has 0 fully saturated rings. The molecule has 3 rings (SSSR count). The summed E-state index contributed by atoms with van der Waals surface area (Å²) in [5, 5.41) is 0.796. The molecule has 0 aliphatic heterocycles. The maximum Gasteiger partial charge on any atom is 0.233 e. The van der Waals surface area contributed by atoms with Crippen molar-refractivity contribution in [3.63, 3.8) is 0 Å². The van der Waals surface area contributed by atoms with Crippen molar-refractivity contribution < 1.29 is 9.21 Å². The number of rotatable bonds is 5. The highest BCUT2D eigenvalue weighted by Crippen LogP contribution is 2.22. The van der Waals surface area contributed by atoms with Crippen molar-refractivity contribution >= 4 is 28.7 Å². The van der Waals surface area contributed by atoms with E-state index in [2.05, 4.69) is 9.97 Å². The van der Waals surface area contributed by atoms with Crippen LogP contribution < -0.4 is 0 Å². The first-order valence-electron chi connectivity index (χ1n) is 7.68. The molecule has 0 aliphatic carbocycles. The number of aromatic nitrogens is 2. The molecule has 0 bridgehead atoms. The first-order valence-corrected chi connectivity index (χ1v) is 8.67. The molecule has 2 aromatic heterocycles. The summed E-state index contributed by atoms with van der Waals surface area (Å²) in [6.45, 7) is 4.28. The Kier molecular flexibility index (Phi) is 4.85. The van der Waals surface area contributed by atoms with Gasteiger partial charge in [0.2, 0.25) is 5.91 Å². The fourth-order valence-corrected chi connectivity index (χ4v) is 3.24. The van der Waals surface area contributed by atoms with E-state index >= 15 is 0 Å². The summed E-state index contributed by atoms with van der Waals surface area (Å²) in [6, 6.07) is 11.5. The number of hydrogen-bond acceptors (Lipinski definition) is 5. The lowest BCUT2D eigenvalue weighted by Crippen LogP contribution is -2.27. The Balaban J connectivity index is 1.64. The number of aryl methyl sites for hydroxylation is 2. The number of hydrogen-bond donors (Lipinski definition) is 0. The van der Waals surface area contributed by atoms with E-state index in [0.29, 0.717) is 12.3 Å². The number of thioether (sulfide) groups is 1. The minimum Gasteiger partial charge on any atom is -0.464 e. The van der Waals surface area contributed by atoms with E-state index in [0.717, 1.165) is 33.3 Å². The first-order chi connectivity index (χ1) is 11.5. The normalized spacial score (nSPS) is 11.0. The van der Waals surface area contributed by atoms with Gasteiger partial charge in [-0.1, -0.05) is 23.9 Å². The van der Waals surface area contributed by atoms with Crippen LogP contribution in [0.4, 0.5) is 0 Å². The molecule has 24 heavy (non-hydrogen) atoms. The quantitative estimate of drug-likeness (QED) is 0.664. The van der Waals surface area contributed by atoms with Gasteiger partial charge in [0, 0.05) is 7.05 Å². The monoisotopic (exact) mass is 341 g/mol. The molecule has 2 heterocycles. The van der Waals surface area contributed by atoms with Crippen molar-refractivity contribution in [3.8, 4) is 0 Å². The van der Waals surface area contributed by atoms with Crippen LogP contribution in [0.2, 0.25) is 0 Å². The zero-order valence-electron chi connectivity index (χ0n) is 13.9. The summed E-state index contributed by atoms with van der Waals surface area (Å²) < 4.78 is 5.51. The molecule has 0 aliphatic rings. The van der Waals surface area contributed by atoms with Crippen molar-refractivity contribution in [1.29, 1.82) is 0 Å². The van der Waals surface area contributed by atoms with Gasteiger partial charge < -0.3 is 9.32 Å². The maximum absolute atomic E-state index is 12.3. The Morgan fingerprint density at radius 2 is 1.83 bits per heavy atom. The highest BCUT2D eigenvalue weighted by Gasteiger charge is 2.14. The molecule has 0 spiro atoms. The van der Waals surface area contributed by atoms with E-state index in [4.69, 9.17) is 4.42 Å². The molecule has 0 atom stereocenters. The van der Waals surface area contributed by atoms with Gasteiger partial charge in [-0.15, -0.1) is 0 Å².